The van der Waals surface area contributed by atoms with Gasteiger partial charge in [0.2, 0.25) is 0 Å². The molecule has 2 aliphatic heterocycles. The average Bonchev–Trinajstić information content (AvgIpc) is 2.60. The van der Waals surface area contributed by atoms with E-state index in [1.165, 1.54) is 19.3 Å². The Labute approximate surface area is 151 Å². The van der Waals surface area contributed by atoms with E-state index in [2.05, 4.69) is 19.2 Å². The molecule has 3 rings (SSSR count). The van der Waals surface area contributed by atoms with Crippen molar-refractivity contribution in [2.24, 2.45) is 5.92 Å². The molecule has 0 spiro atoms. The number of ether oxygens (including phenoxy) is 1. The van der Waals surface area contributed by atoms with Crippen LogP contribution >= 0.6 is 0 Å². The maximum Gasteiger partial charge on any atom is 0.317 e. The van der Waals surface area contributed by atoms with E-state index in [0.29, 0.717) is 12.0 Å². The normalized spacial score (nSPS) is 29.0. The number of piperidine rings is 1. The van der Waals surface area contributed by atoms with Crippen LogP contribution in [0.2, 0.25) is 0 Å². The fourth-order valence-corrected chi connectivity index (χ4v) is 4.77. The van der Waals surface area contributed by atoms with Crippen LogP contribution in [0.15, 0.2) is 0 Å². The second-order valence-corrected chi connectivity index (χ2v) is 8.10. The highest BCUT2D eigenvalue weighted by Gasteiger charge is 2.52. The number of carbonyl (C=O) groups is 2. The fraction of sp³-hybridized carbons (Fsp3) is 0.895. The first-order valence-electron chi connectivity index (χ1n) is 9.93. The number of hydrogen-bond donors (Lipinski definition) is 1. The fourth-order valence-electron chi connectivity index (χ4n) is 4.77. The van der Waals surface area contributed by atoms with Crippen LogP contribution in [-0.4, -0.2) is 66.2 Å². The van der Waals surface area contributed by atoms with Crippen LogP contribution in [0.25, 0.3) is 0 Å². The molecule has 3 aliphatic rings. The topological polar surface area (TPSA) is 61.9 Å². The SMILES string of the molecule is CO[C@H]1C(=O)N(C(C)C)[C@H]1C1CCN(C(=O)NC2CCCCC2)CC1. The third-order valence-electron chi connectivity index (χ3n) is 6.18. The van der Waals surface area contributed by atoms with Crippen LogP contribution in [0.1, 0.15) is 58.8 Å². The number of rotatable bonds is 4. The molecule has 0 bridgehead atoms. The Morgan fingerprint density at radius 1 is 1.12 bits per heavy atom. The molecule has 25 heavy (non-hydrogen) atoms. The summed E-state index contributed by atoms with van der Waals surface area (Å²) in [5.74, 6) is 0.531. The Hall–Kier alpha value is -1.30. The van der Waals surface area contributed by atoms with Crippen LogP contribution in [0, 0.1) is 5.92 Å². The van der Waals surface area contributed by atoms with Gasteiger partial charge in [-0.2, -0.15) is 0 Å². The van der Waals surface area contributed by atoms with Gasteiger partial charge in [-0.25, -0.2) is 4.79 Å². The maximum atomic E-state index is 12.5. The van der Waals surface area contributed by atoms with Crippen molar-refractivity contribution in [3.63, 3.8) is 0 Å². The Kier molecular flexibility index (Phi) is 5.87. The molecule has 2 atom stereocenters. The molecule has 2 heterocycles. The summed E-state index contributed by atoms with van der Waals surface area (Å²) in [7, 11) is 1.62. The summed E-state index contributed by atoms with van der Waals surface area (Å²) in [4.78, 5) is 28.6. The summed E-state index contributed by atoms with van der Waals surface area (Å²) in [6.45, 7) is 5.67. The van der Waals surface area contributed by atoms with Crippen molar-refractivity contribution in [2.75, 3.05) is 20.2 Å². The van der Waals surface area contributed by atoms with E-state index in [-0.39, 0.29) is 30.1 Å². The van der Waals surface area contributed by atoms with E-state index in [0.717, 1.165) is 38.8 Å². The van der Waals surface area contributed by atoms with Crippen molar-refractivity contribution in [1.29, 1.82) is 0 Å². The van der Waals surface area contributed by atoms with E-state index in [9.17, 15) is 9.59 Å². The lowest BCUT2D eigenvalue weighted by Gasteiger charge is -2.53. The van der Waals surface area contributed by atoms with E-state index >= 15 is 0 Å². The molecule has 3 fully saturated rings. The first kappa shape index (κ1) is 18.5. The number of nitrogens with one attached hydrogen (secondary N) is 1. The highest BCUT2D eigenvalue weighted by Crippen LogP contribution is 2.36. The van der Waals surface area contributed by atoms with Crippen molar-refractivity contribution < 1.29 is 14.3 Å². The summed E-state index contributed by atoms with van der Waals surface area (Å²) < 4.78 is 5.44. The molecule has 0 aromatic rings. The molecule has 1 N–H and O–H groups in total. The van der Waals surface area contributed by atoms with Crippen LogP contribution in [-0.2, 0) is 9.53 Å². The predicted octanol–water partition coefficient (Wildman–Crippen LogP) is 2.37. The van der Waals surface area contributed by atoms with Gasteiger partial charge in [0.25, 0.3) is 5.91 Å². The third-order valence-corrected chi connectivity index (χ3v) is 6.18. The second kappa shape index (κ2) is 7.94. The van der Waals surface area contributed by atoms with Crippen LogP contribution in [0.4, 0.5) is 4.79 Å². The van der Waals surface area contributed by atoms with E-state index in [4.69, 9.17) is 4.74 Å². The molecular weight excluding hydrogens is 318 g/mol. The van der Waals surface area contributed by atoms with Gasteiger partial charge in [0.05, 0.1) is 6.04 Å². The quantitative estimate of drug-likeness (QED) is 0.791. The maximum absolute atomic E-state index is 12.5. The molecule has 1 saturated carbocycles. The number of nitrogens with zero attached hydrogens (tertiary/aromatic N) is 2. The van der Waals surface area contributed by atoms with Crippen LogP contribution in [0.3, 0.4) is 0 Å². The van der Waals surface area contributed by atoms with Crippen molar-refractivity contribution in [3.8, 4) is 0 Å². The minimum atomic E-state index is -0.296. The molecule has 0 unspecified atom stereocenters. The number of urea groups is 1. The van der Waals surface area contributed by atoms with Crippen LogP contribution in [0.5, 0.6) is 0 Å². The molecule has 0 radical (unpaired) electrons. The third kappa shape index (κ3) is 3.78. The van der Waals surface area contributed by atoms with E-state index in [1.54, 1.807) is 7.11 Å². The number of hydrogen-bond acceptors (Lipinski definition) is 3. The van der Waals surface area contributed by atoms with Crippen molar-refractivity contribution in [1.82, 2.24) is 15.1 Å². The first-order valence-corrected chi connectivity index (χ1v) is 9.93. The van der Waals surface area contributed by atoms with Gasteiger partial charge in [-0.3, -0.25) is 4.79 Å². The van der Waals surface area contributed by atoms with Gasteiger partial charge in [0, 0.05) is 32.3 Å². The highest BCUT2D eigenvalue weighted by molar-refractivity contribution is 5.88. The second-order valence-electron chi connectivity index (χ2n) is 8.10. The van der Waals surface area contributed by atoms with Gasteiger partial charge >= 0.3 is 6.03 Å². The first-order chi connectivity index (χ1) is 12.0. The monoisotopic (exact) mass is 351 g/mol. The molecule has 0 aromatic carbocycles. The van der Waals surface area contributed by atoms with Gasteiger partial charge in [-0.15, -0.1) is 0 Å². The zero-order valence-electron chi connectivity index (χ0n) is 15.9. The molecule has 6 nitrogen and oxygen atoms in total. The van der Waals surface area contributed by atoms with Gasteiger partial charge in [-0.05, 0) is 45.4 Å². The minimum Gasteiger partial charge on any atom is -0.369 e. The predicted molar refractivity (Wildman–Crippen MR) is 96.3 cm³/mol. The van der Waals surface area contributed by atoms with E-state index < -0.39 is 0 Å². The molecule has 6 heteroatoms. The standard InChI is InChI=1S/C19H33N3O3/c1-13(2)22-16(17(25-3)18(22)23)14-9-11-21(12-10-14)19(24)20-15-7-5-4-6-8-15/h13-17H,4-12H2,1-3H3,(H,20,24)/t16-,17+/m0/s1. The summed E-state index contributed by atoms with van der Waals surface area (Å²) in [6, 6.07) is 0.828. The number of amides is 3. The number of likely N-dealkylation sites (tertiary alicyclic amines) is 2. The molecule has 0 aromatic heterocycles. The zero-order valence-corrected chi connectivity index (χ0v) is 15.9. The van der Waals surface area contributed by atoms with Crippen molar-refractivity contribution in [2.45, 2.75) is 83.0 Å². The average molecular weight is 351 g/mol. The van der Waals surface area contributed by atoms with Gasteiger partial charge in [0.15, 0.2) is 6.10 Å². The molecule has 142 valence electrons. The van der Waals surface area contributed by atoms with Crippen molar-refractivity contribution in [3.05, 3.63) is 0 Å². The Bertz CT molecular complexity index is 482. The largest absolute Gasteiger partial charge is 0.369 e. The lowest BCUT2D eigenvalue weighted by atomic mass is 9.79. The summed E-state index contributed by atoms with van der Waals surface area (Å²) >= 11 is 0. The van der Waals surface area contributed by atoms with Crippen LogP contribution < -0.4 is 5.32 Å². The Balaban J connectivity index is 1.51. The van der Waals surface area contributed by atoms with E-state index in [1.807, 2.05) is 9.80 Å². The van der Waals surface area contributed by atoms with Gasteiger partial charge in [0.1, 0.15) is 0 Å². The lowest BCUT2D eigenvalue weighted by molar-refractivity contribution is -0.181. The Morgan fingerprint density at radius 2 is 1.76 bits per heavy atom. The Morgan fingerprint density at radius 3 is 2.32 bits per heavy atom. The number of methoxy groups -OCH3 is 1. The smallest absolute Gasteiger partial charge is 0.317 e. The molecule has 3 amide bonds. The van der Waals surface area contributed by atoms with Crippen molar-refractivity contribution >= 4 is 11.9 Å². The summed E-state index contributed by atoms with van der Waals surface area (Å²) in [5, 5.41) is 3.21. The minimum absolute atomic E-state index is 0.0963. The zero-order chi connectivity index (χ0) is 18.0. The lowest BCUT2D eigenvalue weighted by Crippen LogP contribution is -2.70. The van der Waals surface area contributed by atoms with Gasteiger partial charge in [-0.1, -0.05) is 19.3 Å². The molecule has 1 aliphatic carbocycles. The molecule has 2 saturated heterocycles. The number of carbonyl (C=O) groups excluding carboxylic acids is 2. The summed E-state index contributed by atoms with van der Waals surface area (Å²) in [5.41, 5.74) is 0. The molecular formula is C19H33N3O3. The highest BCUT2D eigenvalue weighted by atomic mass is 16.5. The number of β-lactam (4-membered cyclic amide) rings is 1. The van der Waals surface area contributed by atoms with Gasteiger partial charge < -0.3 is 19.9 Å². The summed E-state index contributed by atoms with van der Waals surface area (Å²) in [6.07, 6.45) is 7.58.